The van der Waals surface area contributed by atoms with E-state index in [-0.39, 0.29) is 0 Å². The average molecular weight is 411 g/mol. The van der Waals surface area contributed by atoms with Crippen LogP contribution in [-0.4, -0.2) is 62.7 Å². The average Bonchev–Trinajstić information content (AvgIpc) is 3.19. The van der Waals surface area contributed by atoms with Gasteiger partial charge in [0, 0.05) is 71.7 Å². The highest BCUT2D eigenvalue weighted by Crippen LogP contribution is 2.32. The predicted molar refractivity (Wildman–Crippen MR) is 115 cm³/mol. The molecule has 0 bridgehead atoms. The minimum Gasteiger partial charge on any atom is -0.379 e. The number of nitrogens with zero attached hydrogens (tertiary/aromatic N) is 4. The number of aryl methyl sites for hydroxylation is 1. The van der Waals surface area contributed by atoms with Crippen molar-refractivity contribution < 1.29 is 8.95 Å². The van der Waals surface area contributed by atoms with Gasteiger partial charge in [-0.25, -0.2) is 4.98 Å². The highest BCUT2D eigenvalue weighted by Gasteiger charge is 2.16. The van der Waals surface area contributed by atoms with E-state index in [0.717, 1.165) is 73.2 Å². The van der Waals surface area contributed by atoms with Crippen molar-refractivity contribution in [2.24, 2.45) is 0 Å². The van der Waals surface area contributed by atoms with E-state index in [2.05, 4.69) is 14.5 Å². The molecule has 0 aliphatic carbocycles. The summed E-state index contributed by atoms with van der Waals surface area (Å²) in [4.78, 5) is 12.2. The van der Waals surface area contributed by atoms with E-state index in [9.17, 15) is 4.21 Å². The molecule has 1 unspecified atom stereocenters. The first kappa shape index (κ1) is 19.9. The first-order chi connectivity index (χ1) is 14.2. The molecule has 1 atom stereocenters. The van der Waals surface area contributed by atoms with Crippen LogP contribution in [0.3, 0.4) is 0 Å². The van der Waals surface area contributed by atoms with Gasteiger partial charge in [-0.1, -0.05) is 12.1 Å². The molecular weight excluding hydrogens is 384 g/mol. The number of aromatic nitrogens is 3. The molecule has 1 aliphatic rings. The molecule has 152 valence electrons. The van der Waals surface area contributed by atoms with Crippen LogP contribution >= 0.6 is 0 Å². The molecule has 3 heterocycles. The molecule has 0 spiro atoms. The number of hydrogen-bond acceptors (Lipinski definition) is 5. The van der Waals surface area contributed by atoms with E-state index >= 15 is 0 Å². The third-order valence-electron chi connectivity index (χ3n) is 5.21. The van der Waals surface area contributed by atoms with Crippen LogP contribution in [0.1, 0.15) is 6.42 Å². The van der Waals surface area contributed by atoms with Crippen LogP contribution in [0.4, 0.5) is 0 Å². The van der Waals surface area contributed by atoms with Gasteiger partial charge in [0.2, 0.25) is 0 Å². The Balaban J connectivity index is 1.62. The van der Waals surface area contributed by atoms with Crippen molar-refractivity contribution in [1.82, 2.24) is 19.4 Å². The summed E-state index contributed by atoms with van der Waals surface area (Å²) in [6.45, 7) is 5.61. The van der Waals surface area contributed by atoms with Crippen LogP contribution in [0.2, 0.25) is 0 Å². The minimum absolute atomic E-state index is 0.810. The molecule has 3 aromatic rings. The molecule has 4 rings (SSSR count). The molecule has 0 N–H and O–H groups in total. The maximum Gasteiger partial charge on any atom is 0.0963 e. The van der Waals surface area contributed by atoms with E-state index in [0.29, 0.717) is 0 Å². The minimum atomic E-state index is -1.03. The van der Waals surface area contributed by atoms with Crippen LogP contribution < -0.4 is 0 Å². The summed E-state index contributed by atoms with van der Waals surface area (Å²) in [6, 6.07) is 11.9. The highest BCUT2D eigenvalue weighted by molar-refractivity contribution is 7.84. The first-order valence-electron chi connectivity index (χ1n) is 9.92. The number of rotatable bonds is 7. The van der Waals surface area contributed by atoms with Crippen LogP contribution in [-0.2, 0) is 22.1 Å². The molecule has 0 saturated carbocycles. The van der Waals surface area contributed by atoms with Gasteiger partial charge in [-0.2, -0.15) is 0 Å². The SMILES string of the molecule is CS(=O)c1cccc(-c2ncn(CCCN3CCOCC3)c2-c2ccncc2)c1. The van der Waals surface area contributed by atoms with Gasteiger partial charge in [-0.3, -0.25) is 14.1 Å². The lowest BCUT2D eigenvalue weighted by Crippen LogP contribution is -2.37. The summed E-state index contributed by atoms with van der Waals surface area (Å²) in [7, 11) is -1.03. The molecule has 1 fully saturated rings. The number of ether oxygens (including phenoxy) is 1. The highest BCUT2D eigenvalue weighted by atomic mass is 32.2. The molecule has 1 aromatic carbocycles. The van der Waals surface area contributed by atoms with Crippen molar-refractivity contribution in [3.8, 4) is 22.5 Å². The quantitative estimate of drug-likeness (QED) is 0.599. The summed E-state index contributed by atoms with van der Waals surface area (Å²) in [6.07, 6.45) is 8.28. The Morgan fingerprint density at radius 2 is 1.86 bits per heavy atom. The largest absolute Gasteiger partial charge is 0.379 e. The second-order valence-corrected chi connectivity index (χ2v) is 8.54. The number of pyridine rings is 1. The van der Waals surface area contributed by atoms with E-state index in [1.807, 2.05) is 55.1 Å². The third kappa shape index (κ3) is 4.80. The van der Waals surface area contributed by atoms with Crippen molar-refractivity contribution in [2.75, 3.05) is 39.1 Å². The maximum absolute atomic E-state index is 11.9. The van der Waals surface area contributed by atoms with Gasteiger partial charge in [-0.15, -0.1) is 0 Å². The lowest BCUT2D eigenvalue weighted by Gasteiger charge is -2.26. The Morgan fingerprint density at radius 3 is 2.62 bits per heavy atom. The van der Waals surface area contributed by atoms with Gasteiger partial charge in [-0.05, 0) is 30.7 Å². The van der Waals surface area contributed by atoms with Crippen LogP contribution in [0.15, 0.2) is 60.0 Å². The Hall–Kier alpha value is -2.35. The zero-order valence-electron chi connectivity index (χ0n) is 16.7. The van der Waals surface area contributed by atoms with Gasteiger partial charge in [0.05, 0.1) is 30.9 Å². The van der Waals surface area contributed by atoms with Gasteiger partial charge in [0.1, 0.15) is 0 Å². The zero-order chi connectivity index (χ0) is 20.1. The topological polar surface area (TPSA) is 60.2 Å². The van der Waals surface area contributed by atoms with Gasteiger partial charge in [0.25, 0.3) is 0 Å². The molecule has 1 saturated heterocycles. The number of morpholine rings is 1. The summed E-state index contributed by atoms with van der Waals surface area (Å²) < 4.78 is 19.6. The Morgan fingerprint density at radius 1 is 1.07 bits per heavy atom. The molecule has 6 nitrogen and oxygen atoms in total. The lowest BCUT2D eigenvalue weighted by atomic mass is 10.1. The first-order valence-corrected chi connectivity index (χ1v) is 11.5. The number of imidazole rings is 1. The summed E-state index contributed by atoms with van der Waals surface area (Å²) >= 11 is 0. The van der Waals surface area contributed by atoms with Crippen LogP contribution in [0.25, 0.3) is 22.5 Å². The fourth-order valence-electron chi connectivity index (χ4n) is 3.69. The molecule has 7 heteroatoms. The van der Waals surface area contributed by atoms with Crippen molar-refractivity contribution in [1.29, 1.82) is 0 Å². The van der Waals surface area contributed by atoms with E-state index in [4.69, 9.17) is 9.72 Å². The standard InChI is InChI=1S/C22H26N4O2S/c1-29(27)20-5-2-4-19(16-20)21-22(18-6-8-23-9-7-18)26(17-24-21)11-3-10-25-12-14-28-15-13-25/h2,4-9,16-17H,3,10-15H2,1H3. The number of benzene rings is 1. The van der Waals surface area contributed by atoms with Crippen LogP contribution in [0, 0.1) is 0 Å². The van der Waals surface area contributed by atoms with Gasteiger partial charge < -0.3 is 9.30 Å². The van der Waals surface area contributed by atoms with Gasteiger partial charge in [0.15, 0.2) is 0 Å². The monoisotopic (exact) mass is 410 g/mol. The molecule has 29 heavy (non-hydrogen) atoms. The maximum atomic E-state index is 11.9. The fraction of sp³-hybridized carbons (Fsp3) is 0.364. The molecule has 1 aliphatic heterocycles. The van der Waals surface area contributed by atoms with Crippen molar-refractivity contribution >= 4 is 10.8 Å². The fourth-order valence-corrected chi connectivity index (χ4v) is 4.25. The molecule has 2 aromatic heterocycles. The molecule has 0 radical (unpaired) electrons. The van der Waals surface area contributed by atoms with Crippen LogP contribution in [0.5, 0.6) is 0 Å². The lowest BCUT2D eigenvalue weighted by molar-refractivity contribution is 0.0369. The third-order valence-corrected chi connectivity index (χ3v) is 6.13. The number of hydrogen-bond donors (Lipinski definition) is 0. The smallest absolute Gasteiger partial charge is 0.0963 e. The van der Waals surface area contributed by atoms with Crippen molar-refractivity contribution in [3.05, 3.63) is 55.1 Å². The predicted octanol–water partition coefficient (Wildman–Crippen LogP) is 3.07. The van der Waals surface area contributed by atoms with Gasteiger partial charge >= 0.3 is 0 Å². The Kier molecular flexibility index (Phi) is 6.49. The van der Waals surface area contributed by atoms with Crippen molar-refractivity contribution in [2.45, 2.75) is 17.9 Å². The Bertz CT molecular complexity index is 968. The van der Waals surface area contributed by atoms with E-state index < -0.39 is 10.8 Å². The molecular formula is C22H26N4O2S. The summed E-state index contributed by atoms with van der Waals surface area (Å²) in [5, 5.41) is 0. The molecule has 0 amide bonds. The Labute approximate surface area is 174 Å². The second-order valence-electron chi connectivity index (χ2n) is 7.16. The second kappa shape index (κ2) is 9.43. The van der Waals surface area contributed by atoms with E-state index in [1.54, 1.807) is 6.26 Å². The zero-order valence-corrected chi connectivity index (χ0v) is 17.5. The summed E-state index contributed by atoms with van der Waals surface area (Å²) in [5.74, 6) is 0. The normalized spacial score (nSPS) is 16.0. The van der Waals surface area contributed by atoms with E-state index in [1.165, 1.54) is 0 Å². The van der Waals surface area contributed by atoms with Crippen molar-refractivity contribution in [3.63, 3.8) is 0 Å². The summed E-state index contributed by atoms with van der Waals surface area (Å²) in [5.41, 5.74) is 4.06.